The van der Waals surface area contributed by atoms with Crippen LogP contribution in [0.2, 0.25) is 0 Å². The zero-order valence-corrected chi connectivity index (χ0v) is 15.6. The highest BCUT2D eigenvalue weighted by Crippen LogP contribution is 2.26. The average Bonchev–Trinajstić information content (AvgIpc) is 3.31. The van der Waals surface area contributed by atoms with Crippen LogP contribution in [0.25, 0.3) is 0 Å². The highest BCUT2D eigenvalue weighted by Gasteiger charge is 2.26. The van der Waals surface area contributed by atoms with E-state index < -0.39 is 0 Å². The van der Waals surface area contributed by atoms with Crippen LogP contribution in [0.15, 0.2) is 41.7 Å². The van der Waals surface area contributed by atoms with E-state index in [1.807, 2.05) is 42.2 Å². The topological polar surface area (TPSA) is 74.6 Å². The summed E-state index contributed by atoms with van der Waals surface area (Å²) in [6.07, 6.45) is 5.14. The molecule has 26 heavy (non-hydrogen) atoms. The number of guanidine groups is 1. The summed E-state index contributed by atoms with van der Waals surface area (Å²) in [5, 5.41) is 10.3. The van der Waals surface area contributed by atoms with Gasteiger partial charge in [-0.15, -0.1) is 0 Å². The molecule has 1 amide bonds. The van der Waals surface area contributed by atoms with Crippen molar-refractivity contribution < 1.29 is 4.79 Å². The third kappa shape index (κ3) is 4.04. The van der Waals surface area contributed by atoms with Crippen molar-refractivity contribution in [3.63, 3.8) is 0 Å². The van der Waals surface area contributed by atoms with Crippen molar-refractivity contribution in [1.82, 2.24) is 25.3 Å². The lowest BCUT2D eigenvalue weighted by molar-refractivity contribution is 0.0963. The Morgan fingerprint density at radius 1 is 1.42 bits per heavy atom. The molecule has 138 valence electrons. The molecule has 0 saturated carbocycles. The lowest BCUT2D eigenvalue weighted by atomic mass is 10.0. The molecule has 1 unspecified atom stereocenters. The number of nitrogens with zero attached hydrogens (tertiary/aromatic N) is 4. The first-order valence-electron chi connectivity index (χ1n) is 8.86. The van der Waals surface area contributed by atoms with E-state index in [1.54, 1.807) is 14.1 Å². The molecule has 7 nitrogen and oxygen atoms in total. The molecule has 2 N–H and O–H groups in total. The van der Waals surface area contributed by atoms with Crippen LogP contribution in [0.1, 0.15) is 33.8 Å². The lowest BCUT2D eigenvalue weighted by Crippen LogP contribution is -2.39. The van der Waals surface area contributed by atoms with Crippen LogP contribution in [-0.4, -0.2) is 53.7 Å². The van der Waals surface area contributed by atoms with Crippen molar-refractivity contribution in [3.05, 3.63) is 53.3 Å². The van der Waals surface area contributed by atoms with Gasteiger partial charge in [-0.3, -0.25) is 14.5 Å². The third-order valence-corrected chi connectivity index (χ3v) is 4.76. The number of aryl methyl sites for hydroxylation is 1. The summed E-state index contributed by atoms with van der Waals surface area (Å²) in [7, 11) is 5.39. The summed E-state index contributed by atoms with van der Waals surface area (Å²) in [6.45, 7) is 2.53. The Hall–Kier alpha value is -2.83. The largest absolute Gasteiger partial charge is 0.355 e. The predicted octanol–water partition coefficient (Wildman–Crippen LogP) is 1.34. The van der Waals surface area contributed by atoms with E-state index >= 15 is 0 Å². The Labute approximate surface area is 154 Å². The number of carbonyl (C=O) groups excluding carboxylic acids is 1. The summed E-state index contributed by atoms with van der Waals surface area (Å²) >= 11 is 0. The molecule has 1 aliphatic heterocycles. The van der Waals surface area contributed by atoms with E-state index in [4.69, 9.17) is 0 Å². The Bertz CT molecular complexity index is 797. The molecule has 0 aliphatic carbocycles. The first kappa shape index (κ1) is 18.0. The van der Waals surface area contributed by atoms with Crippen LogP contribution >= 0.6 is 0 Å². The van der Waals surface area contributed by atoms with E-state index in [2.05, 4.69) is 31.8 Å². The minimum atomic E-state index is -0.0740. The van der Waals surface area contributed by atoms with Crippen LogP contribution in [0.4, 0.5) is 0 Å². The van der Waals surface area contributed by atoms with E-state index in [-0.39, 0.29) is 5.91 Å². The number of nitrogens with one attached hydrogen (secondary N) is 2. The molecule has 0 bridgehead atoms. The molecule has 1 aromatic carbocycles. The van der Waals surface area contributed by atoms with Gasteiger partial charge in [-0.25, -0.2) is 0 Å². The van der Waals surface area contributed by atoms with Gasteiger partial charge in [0.15, 0.2) is 5.96 Å². The fourth-order valence-electron chi connectivity index (χ4n) is 3.36. The van der Waals surface area contributed by atoms with E-state index in [9.17, 15) is 4.79 Å². The van der Waals surface area contributed by atoms with Crippen molar-refractivity contribution in [2.75, 3.05) is 27.2 Å². The maximum Gasteiger partial charge on any atom is 0.251 e. The van der Waals surface area contributed by atoms with Crippen LogP contribution in [0, 0.1) is 0 Å². The normalized spacial score (nSPS) is 17.4. The maximum absolute atomic E-state index is 11.8. The summed E-state index contributed by atoms with van der Waals surface area (Å²) in [4.78, 5) is 18.5. The molecule has 2 aromatic rings. The molecule has 3 rings (SSSR count). The maximum atomic E-state index is 11.8. The summed E-state index contributed by atoms with van der Waals surface area (Å²) in [6, 6.07) is 7.63. The number of aromatic nitrogens is 2. The monoisotopic (exact) mass is 354 g/mol. The molecule has 0 spiro atoms. The Morgan fingerprint density at radius 3 is 2.96 bits per heavy atom. The van der Waals surface area contributed by atoms with Gasteiger partial charge >= 0.3 is 0 Å². The van der Waals surface area contributed by atoms with Gasteiger partial charge in [-0.1, -0.05) is 12.1 Å². The average molecular weight is 354 g/mol. The van der Waals surface area contributed by atoms with Gasteiger partial charge < -0.3 is 15.5 Å². The molecule has 1 saturated heterocycles. The standard InChI is InChI=1S/C19H26N6O/c1-20-18(26)15-6-4-5-14(9-15)10-22-19(21-2)25-8-7-16(13-25)17-11-23-24(3)12-17/h4-6,9,11-12,16H,7-8,10,13H2,1-3H3,(H,20,26)(H,21,22). The number of amides is 1. The highest BCUT2D eigenvalue weighted by atomic mass is 16.1. The van der Waals surface area contributed by atoms with Crippen LogP contribution in [0.3, 0.4) is 0 Å². The minimum absolute atomic E-state index is 0.0740. The van der Waals surface area contributed by atoms with Gasteiger partial charge in [0, 0.05) is 58.5 Å². The van der Waals surface area contributed by atoms with Gasteiger partial charge in [-0.2, -0.15) is 5.10 Å². The second-order valence-corrected chi connectivity index (χ2v) is 6.56. The molecular formula is C19H26N6O. The van der Waals surface area contributed by atoms with E-state index in [0.717, 1.165) is 31.0 Å². The van der Waals surface area contributed by atoms with Crippen molar-refractivity contribution in [2.45, 2.75) is 18.9 Å². The van der Waals surface area contributed by atoms with Crippen molar-refractivity contribution in [1.29, 1.82) is 0 Å². The third-order valence-electron chi connectivity index (χ3n) is 4.76. The summed E-state index contributed by atoms with van der Waals surface area (Å²) in [5.74, 6) is 1.30. The van der Waals surface area contributed by atoms with Gasteiger partial charge in [-0.05, 0) is 29.7 Å². The summed E-state index contributed by atoms with van der Waals surface area (Å²) in [5.41, 5.74) is 3.00. The Balaban J connectivity index is 1.60. The van der Waals surface area contributed by atoms with Gasteiger partial charge in [0.25, 0.3) is 5.91 Å². The number of hydrogen-bond donors (Lipinski definition) is 2. The van der Waals surface area contributed by atoms with Crippen LogP contribution in [-0.2, 0) is 13.6 Å². The van der Waals surface area contributed by atoms with E-state index in [1.165, 1.54) is 5.56 Å². The summed E-state index contributed by atoms with van der Waals surface area (Å²) < 4.78 is 1.85. The minimum Gasteiger partial charge on any atom is -0.355 e. The number of hydrogen-bond acceptors (Lipinski definition) is 3. The lowest BCUT2D eigenvalue weighted by Gasteiger charge is -2.21. The predicted molar refractivity (Wildman–Crippen MR) is 102 cm³/mol. The zero-order valence-electron chi connectivity index (χ0n) is 15.6. The molecule has 0 radical (unpaired) electrons. The number of carbonyl (C=O) groups is 1. The number of aliphatic imine (C=N–C) groups is 1. The molecule has 1 aliphatic rings. The van der Waals surface area contributed by atoms with Gasteiger partial charge in [0.1, 0.15) is 0 Å². The fourth-order valence-corrected chi connectivity index (χ4v) is 3.36. The van der Waals surface area contributed by atoms with Crippen LogP contribution in [0.5, 0.6) is 0 Å². The molecular weight excluding hydrogens is 328 g/mol. The molecule has 1 atom stereocenters. The molecule has 1 aromatic heterocycles. The quantitative estimate of drug-likeness (QED) is 0.642. The highest BCUT2D eigenvalue weighted by molar-refractivity contribution is 5.94. The first-order chi connectivity index (χ1) is 12.6. The molecule has 7 heteroatoms. The number of likely N-dealkylation sites (tertiary alicyclic amines) is 1. The number of benzene rings is 1. The molecule has 2 heterocycles. The first-order valence-corrected chi connectivity index (χ1v) is 8.86. The SMILES string of the molecule is CN=C(NCc1cccc(C(=O)NC)c1)N1CCC(c2cnn(C)c2)C1. The van der Waals surface area contributed by atoms with Gasteiger partial charge in [0.2, 0.25) is 0 Å². The van der Waals surface area contributed by atoms with Crippen LogP contribution < -0.4 is 10.6 Å². The molecule has 1 fully saturated rings. The Morgan fingerprint density at radius 2 is 2.27 bits per heavy atom. The van der Waals surface area contributed by atoms with Gasteiger partial charge in [0.05, 0.1) is 6.20 Å². The second-order valence-electron chi connectivity index (χ2n) is 6.56. The second kappa shape index (κ2) is 8.03. The van der Waals surface area contributed by atoms with Crippen molar-refractivity contribution in [2.24, 2.45) is 12.0 Å². The van der Waals surface area contributed by atoms with Crippen molar-refractivity contribution in [3.8, 4) is 0 Å². The fraction of sp³-hybridized carbons (Fsp3) is 0.421. The Kier molecular flexibility index (Phi) is 5.55. The smallest absolute Gasteiger partial charge is 0.251 e. The van der Waals surface area contributed by atoms with E-state index in [0.29, 0.717) is 18.0 Å². The number of rotatable bonds is 4. The zero-order chi connectivity index (χ0) is 18.5. The van der Waals surface area contributed by atoms with Crippen molar-refractivity contribution >= 4 is 11.9 Å².